The highest BCUT2D eigenvalue weighted by molar-refractivity contribution is 6.02. The van der Waals surface area contributed by atoms with Crippen molar-refractivity contribution in [2.24, 2.45) is 0 Å². The van der Waals surface area contributed by atoms with Crippen LogP contribution in [0.1, 0.15) is 27.4 Å². The Bertz CT molecular complexity index is 917. The third-order valence-corrected chi connectivity index (χ3v) is 3.98. The molecular formula is C18H18N2O7. The second-order valence-corrected chi connectivity index (χ2v) is 5.86. The number of rotatable bonds is 4. The Hall–Kier alpha value is -3.49. The van der Waals surface area contributed by atoms with Crippen LogP contribution < -0.4 is 20.1 Å². The summed E-state index contributed by atoms with van der Waals surface area (Å²) in [5, 5.41) is 4.56. The van der Waals surface area contributed by atoms with Crippen LogP contribution in [0.15, 0.2) is 22.6 Å². The van der Waals surface area contributed by atoms with Crippen molar-refractivity contribution in [1.29, 1.82) is 0 Å². The van der Waals surface area contributed by atoms with Crippen molar-refractivity contribution in [2.75, 3.05) is 18.7 Å². The lowest BCUT2D eigenvalue weighted by Crippen LogP contribution is -2.37. The fourth-order valence-corrected chi connectivity index (χ4v) is 2.60. The van der Waals surface area contributed by atoms with E-state index in [9.17, 15) is 14.4 Å². The Balaban J connectivity index is 1.50. The molecule has 0 radical (unpaired) electrons. The van der Waals surface area contributed by atoms with Crippen LogP contribution >= 0.6 is 0 Å². The van der Waals surface area contributed by atoms with Gasteiger partial charge >= 0.3 is 12.0 Å². The summed E-state index contributed by atoms with van der Waals surface area (Å²) in [6, 6.07) is 4.05. The van der Waals surface area contributed by atoms with Crippen molar-refractivity contribution in [3.05, 3.63) is 40.8 Å². The van der Waals surface area contributed by atoms with E-state index < -0.39 is 24.5 Å². The van der Waals surface area contributed by atoms with Gasteiger partial charge in [0.15, 0.2) is 18.1 Å². The quantitative estimate of drug-likeness (QED) is 0.790. The lowest BCUT2D eigenvalue weighted by atomic mass is 10.1. The van der Waals surface area contributed by atoms with Crippen LogP contribution in [0.3, 0.4) is 0 Å². The Morgan fingerprint density at radius 2 is 1.81 bits per heavy atom. The zero-order valence-electron chi connectivity index (χ0n) is 15.0. The van der Waals surface area contributed by atoms with E-state index in [-0.39, 0.29) is 12.4 Å². The van der Waals surface area contributed by atoms with Gasteiger partial charge in [0.05, 0.1) is 0 Å². The smallest absolute Gasteiger partial charge is 0.342 e. The number of ether oxygens (including phenoxy) is 3. The number of aryl methyl sites for hydroxylation is 2. The molecule has 0 fully saturated rings. The molecule has 0 spiro atoms. The Kier molecular flexibility index (Phi) is 5.02. The third kappa shape index (κ3) is 4.02. The second-order valence-electron chi connectivity index (χ2n) is 5.86. The normalized spacial score (nSPS) is 11.8. The summed E-state index contributed by atoms with van der Waals surface area (Å²) in [4.78, 5) is 35.8. The van der Waals surface area contributed by atoms with Gasteiger partial charge in [-0.1, -0.05) is 0 Å². The zero-order valence-corrected chi connectivity index (χ0v) is 15.0. The van der Waals surface area contributed by atoms with Gasteiger partial charge in [0.1, 0.15) is 17.1 Å². The van der Waals surface area contributed by atoms with Gasteiger partial charge in [-0.3, -0.25) is 10.1 Å². The summed E-state index contributed by atoms with van der Waals surface area (Å²) in [7, 11) is 0. The van der Waals surface area contributed by atoms with Crippen LogP contribution in [0.2, 0.25) is 0 Å². The van der Waals surface area contributed by atoms with Crippen molar-refractivity contribution >= 4 is 23.6 Å². The molecule has 1 aliphatic rings. The number of amides is 3. The lowest BCUT2D eigenvalue weighted by Gasteiger charge is -2.08. The molecule has 2 N–H and O–H groups in total. The highest BCUT2D eigenvalue weighted by Gasteiger charge is 2.21. The molecule has 1 aliphatic heterocycles. The van der Waals surface area contributed by atoms with Crippen LogP contribution in [-0.4, -0.2) is 31.3 Å². The molecule has 0 saturated carbocycles. The molecule has 3 rings (SSSR count). The van der Waals surface area contributed by atoms with Gasteiger partial charge in [0.2, 0.25) is 6.79 Å². The number of anilines is 1. The number of urea groups is 1. The number of furan rings is 1. The highest BCUT2D eigenvalue weighted by Crippen LogP contribution is 2.34. The third-order valence-electron chi connectivity index (χ3n) is 3.98. The molecule has 9 heteroatoms. The van der Waals surface area contributed by atoms with E-state index in [1.165, 1.54) is 0 Å². The molecule has 0 bridgehead atoms. The van der Waals surface area contributed by atoms with E-state index in [0.717, 1.165) is 0 Å². The Morgan fingerprint density at radius 3 is 2.52 bits per heavy atom. The minimum atomic E-state index is -0.767. The summed E-state index contributed by atoms with van der Waals surface area (Å²) in [5.41, 5.74) is 1.35. The number of nitrogens with one attached hydrogen (secondary N) is 2. The molecule has 3 amide bonds. The van der Waals surface area contributed by atoms with Crippen LogP contribution in [0.5, 0.6) is 11.5 Å². The first kappa shape index (κ1) is 18.3. The van der Waals surface area contributed by atoms with Crippen LogP contribution in [0.4, 0.5) is 10.5 Å². The first-order chi connectivity index (χ1) is 12.8. The van der Waals surface area contributed by atoms with Gasteiger partial charge in [-0.05, 0) is 32.9 Å². The molecule has 9 nitrogen and oxygen atoms in total. The summed E-state index contributed by atoms with van der Waals surface area (Å²) >= 11 is 0. The average molecular weight is 374 g/mol. The maximum absolute atomic E-state index is 12.1. The van der Waals surface area contributed by atoms with E-state index in [0.29, 0.717) is 34.3 Å². The number of carbonyl (C=O) groups is 3. The fourth-order valence-electron chi connectivity index (χ4n) is 2.60. The number of imide groups is 1. The van der Waals surface area contributed by atoms with Gasteiger partial charge in [-0.25, -0.2) is 9.59 Å². The Morgan fingerprint density at radius 1 is 1.07 bits per heavy atom. The molecule has 0 atom stereocenters. The van der Waals surface area contributed by atoms with Crippen molar-refractivity contribution in [1.82, 2.24) is 5.32 Å². The summed E-state index contributed by atoms with van der Waals surface area (Å²) in [5.74, 6) is 0.631. The number of benzene rings is 1. The molecule has 142 valence electrons. The van der Waals surface area contributed by atoms with E-state index in [1.807, 2.05) is 0 Å². The zero-order chi connectivity index (χ0) is 19.6. The fraction of sp³-hybridized carbons (Fsp3) is 0.278. The molecule has 2 aromatic rings. The second kappa shape index (κ2) is 7.40. The van der Waals surface area contributed by atoms with Crippen molar-refractivity contribution in [3.63, 3.8) is 0 Å². The molecule has 1 aromatic heterocycles. The summed E-state index contributed by atoms with van der Waals surface area (Å²) in [6.07, 6.45) is 0. The average Bonchev–Trinajstić information content (AvgIpc) is 3.16. The van der Waals surface area contributed by atoms with Crippen LogP contribution in [-0.2, 0) is 9.53 Å². The molecule has 0 unspecified atom stereocenters. The van der Waals surface area contributed by atoms with Gasteiger partial charge in [0, 0.05) is 17.3 Å². The van der Waals surface area contributed by atoms with Gasteiger partial charge < -0.3 is 23.9 Å². The van der Waals surface area contributed by atoms with E-state index in [1.54, 1.807) is 39.0 Å². The molecule has 0 saturated heterocycles. The number of hydrogen-bond acceptors (Lipinski definition) is 7. The predicted molar refractivity (Wildman–Crippen MR) is 92.9 cm³/mol. The van der Waals surface area contributed by atoms with E-state index >= 15 is 0 Å². The number of fused-ring (bicyclic) bond motifs is 1. The van der Waals surface area contributed by atoms with Crippen molar-refractivity contribution in [3.8, 4) is 11.5 Å². The predicted octanol–water partition coefficient (Wildman–Crippen LogP) is 2.44. The maximum atomic E-state index is 12.1. The first-order valence-corrected chi connectivity index (χ1v) is 8.09. The molecule has 27 heavy (non-hydrogen) atoms. The SMILES string of the molecule is Cc1oc(C)c(C(=O)OCC(=O)NC(=O)Nc2ccc3c(c2)OCO3)c1C. The topological polar surface area (TPSA) is 116 Å². The van der Waals surface area contributed by atoms with Crippen LogP contribution in [0.25, 0.3) is 0 Å². The molecule has 1 aromatic carbocycles. The van der Waals surface area contributed by atoms with Gasteiger partial charge in [-0.2, -0.15) is 0 Å². The number of hydrogen-bond donors (Lipinski definition) is 2. The maximum Gasteiger partial charge on any atom is 0.342 e. The van der Waals surface area contributed by atoms with E-state index in [4.69, 9.17) is 18.6 Å². The highest BCUT2D eigenvalue weighted by atomic mass is 16.7. The summed E-state index contributed by atoms with van der Waals surface area (Å²) < 4.78 is 20.7. The lowest BCUT2D eigenvalue weighted by molar-refractivity contribution is -0.123. The van der Waals surface area contributed by atoms with Gasteiger partial charge in [-0.15, -0.1) is 0 Å². The van der Waals surface area contributed by atoms with Crippen LogP contribution in [0, 0.1) is 20.8 Å². The Labute approximate surface area is 154 Å². The van der Waals surface area contributed by atoms with Crippen molar-refractivity contribution < 1.29 is 33.0 Å². The number of esters is 1. The monoisotopic (exact) mass is 374 g/mol. The first-order valence-electron chi connectivity index (χ1n) is 8.09. The standard InChI is InChI=1S/C18H18N2O7/c1-9-10(2)27-11(3)16(9)17(22)24-7-15(21)20-18(23)19-12-4-5-13-14(6-12)26-8-25-13/h4-6H,7-8H2,1-3H3,(H2,19,20,21,23). The van der Waals surface area contributed by atoms with Crippen molar-refractivity contribution in [2.45, 2.75) is 20.8 Å². The molecular weight excluding hydrogens is 356 g/mol. The summed E-state index contributed by atoms with van der Waals surface area (Å²) in [6.45, 7) is 4.60. The minimum Gasteiger partial charge on any atom is -0.465 e. The molecule has 2 heterocycles. The largest absolute Gasteiger partial charge is 0.465 e. The van der Waals surface area contributed by atoms with E-state index in [2.05, 4.69) is 10.6 Å². The minimum absolute atomic E-state index is 0.115. The van der Waals surface area contributed by atoms with Gasteiger partial charge in [0.25, 0.3) is 5.91 Å². The molecule has 0 aliphatic carbocycles. The number of carbonyl (C=O) groups excluding carboxylic acids is 3.